The minimum Gasteiger partial charge on any atom is -0.0958 e. The molecular formula is C14H24. The lowest BCUT2D eigenvalue weighted by Gasteiger charge is -2.06. The van der Waals surface area contributed by atoms with Gasteiger partial charge in [0.2, 0.25) is 0 Å². The van der Waals surface area contributed by atoms with Crippen molar-refractivity contribution >= 4 is 0 Å². The maximum Gasteiger partial charge on any atom is -0.0259 e. The summed E-state index contributed by atoms with van der Waals surface area (Å²) in [5.41, 5.74) is 1.24. The lowest BCUT2D eigenvalue weighted by Crippen LogP contribution is -1.91. The molecule has 0 saturated carbocycles. The van der Waals surface area contributed by atoms with Gasteiger partial charge in [-0.05, 0) is 18.8 Å². The molecule has 0 heterocycles. The van der Waals surface area contributed by atoms with Crippen molar-refractivity contribution in [1.82, 2.24) is 0 Å². The molecule has 0 heteroatoms. The van der Waals surface area contributed by atoms with Gasteiger partial charge in [-0.2, -0.15) is 0 Å². The summed E-state index contributed by atoms with van der Waals surface area (Å²) < 4.78 is 0. The van der Waals surface area contributed by atoms with Crippen LogP contribution in [0.4, 0.5) is 0 Å². The smallest absolute Gasteiger partial charge is 0.0259 e. The van der Waals surface area contributed by atoms with E-state index in [1.807, 2.05) is 0 Å². The summed E-state index contributed by atoms with van der Waals surface area (Å²) in [6.07, 6.45) is 13.3. The third kappa shape index (κ3) is 7.85. The van der Waals surface area contributed by atoms with Gasteiger partial charge in [0, 0.05) is 0 Å². The molecule has 0 saturated heterocycles. The molecule has 1 unspecified atom stereocenters. The van der Waals surface area contributed by atoms with Gasteiger partial charge in [0.1, 0.15) is 0 Å². The van der Waals surface area contributed by atoms with Gasteiger partial charge >= 0.3 is 0 Å². The van der Waals surface area contributed by atoms with Crippen molar-refractivity contribution in [3.63, 3.8) is 0 Å². The molecule has 0 spiro atoms. The van der Waals surface area contributed by atoms with Crippen molar-refractivity contribution in [3.05, 3.63) is 36.5 Å². The normalized spacial score (nSPS) is 13.9. The van der Waals surface area contributed by atoms with Gasteiger partial charge in [0.25, 0.3) is 0 Å². The quantitative estimate of drug-likeness (QED) is 0.504. The zero-order valence-corrected chi connectivity index (χ0v) is 9.92. The summed E-state index contributed by atoms with van der Waals surface area (Å²) in [6, 6.07) is 0. The van der Waals surface area contributed by atoms with E-state index in [0.29, 0.717) is 0 Å². The van der Waals surface area contributed by atoms with E-state index in [1.54, 1.807) is 0 Å². The van der Waals surface area contributed by atoms with Gasteiger partial charge in [0.05, 0.1) is 0 Å². The summed E-state index contributed by atoms with van der Waals surface area (Å²) in [7, 11) is 0. The van der Waals surface area contributed by atoms with Crippen LogP contribution in [0.2, 0.25) is 0 Å². The molecule has 1 atom stereocenters. The van der Waals surface area contributed by atoms with Crippen molar-refractivity contribution in [3.8, 4) is 0 Å². The van der Waals surface area contributed by atoms with Gasteiger partial charge in [-0.15, -0.1) is 0 Å². The molecule has 0 nitrogen and oxygen atoms in total. The van der Waals surface area contributed by atoms with E-state index in [9.17, 15) is 0 Å². The van der Waals surface area contributed by atoms with Crippen LogP contribution in [0.5, 0.6) is 0 Å². The average molecular weight is 192 g/mol. The third-order valence-corrected chi connectivity index (χ3v) is 2.34. The highest BCUT2D eigenvalue weighted by Gasteiger charge is 1.98. The van der Waals surface area contributed by atoms with Gasteiger partial charge in [-0.3, -0.25) is 0 Å². The summed E-state index contributed by atoms with van der Waals surface area (Å²) in [4.78, 5) is 0. The number of hydrogen-bond donors (Lipinski definition) is 0. The van der Waals surface area contributed by atoms with Gasteiger partial charge in [-0.1, -0.05) is 70.1 Å². The summed E-state index contributed by atoms with van der Waals surface area (Å²) >= 11 is 0. The topological polar surface area (TPSA) is 0 Å². The lowest BCUT2D eigenvalue weighted by molar-refractivity contribution is 0.563. The Morgan fingerprint density at radius 3 is 2.57 bits per heavy atom. The molecule has 80 valence electrons. The van der Waals surface area contributed by atoms with Crippen molar-refractivity contribution < 1.29 is 0 Å². The first kappa shape index (κ1) is 13.2. The molecule has 0 radical (unpaired) electrons. The van der Waals surface area contributed by atoms with Crippen LogP contribution in [0.25, 0.3) is 0 Å². The summed E-state index contributed by atoms with van der Waals surface area (Å²) in [5.74, 6) is 0.756. The van der Waals surface area contributed by atoms with E-state index >= 15 is 0 Å². The monoisotopic (exact) mass is 192 g/mol. The zero-order valence-electron chi connectivity index (χ0n) is 9.92. The van der Waals surface area contributed by atoms with E-state index in [-0.39, 0.29) is 0 Å². The van der Waals surface area contributed by atoms with Crippen LogP contribution in [0.3, 0.4) is 0 Å². The molecule has 0 amide bonds. The van der Waals surface area contributed by atoms with E-state index in [2.05, 4.69) is 51.7 Å². The van der Waals surface area contributed by atoms with Gasteiger partial charge in [-0.25, -0.2) is 0 Å². The molecule has 0 N–H and O–H groups in total. The van der Waals surface area contributed by atoms with Gasteiger partial charge in [0.15, 0.2) is 0 Å². The molecule has 0 rings (SSSR count). The van der Waals surface area contributed by atoms with Crippen LogP contribution >= 0.6 is 0 Å². The van der Waals surface area contributed by atoms with Crippen LogP contribution in [0, 0.1) is 5.92 Å². The highest BCUT2D eigenvalue weighted by atomic mass is 14.0. The molecule has 14 heavy (non-hydrogen) atoms. The van der Waals surface area contributed by atoms with Crippen molar-refractivity contribution in [1.29, 1.82) is 0 Å². The largest absolute Gasteiger partial charge is 0.0958 e. The number of hydrogen-bond acceptors (Lipinski definition) is 0. The SMILES string of the molecule is C=C(/C=C\C=C/CCC)CC(C)CC. The Labute approximate surface area is 89.4 Å². The molecule has 0 bridgehead atoms. The first-order valence-electron chi connectivity index (χ1n) is 5.71. The van der Waals surface area contributed by atoms with Crippen LogP contribution in [0.15, 0.2) is 36.5 Å². The first-order valence-corrected chi connectivity index (χ1v) is 5.71. The summed E-state index contributed by atoms with van der Waals surface area (Å²) in [6.45, 7) is 10.7. The van der Waals surface area contributed by atoms with Crippen LogP contribution in [-0.2, 0) is 0 Å². The maximum atomic E-state index is 4.04. The Morgan fingerprint density at radius 2 is 2.00 bits per heavy atom. The molecule has 0 aromatic heterocycles. The Bertz CT molecular complexity index is 196. The summed E-state index contributed by atoms with van der Waals surface area (Å²) in [5, 5.41) is 0. The van der Waals surface area contributed by atoms with Gasteiger partial charge < -0.3 is 0 Å². The Kier molecular flexibility index (Phi) is 8.31. The van der Waals surface area contributed by atoms with E-state index in [4.69, 9.17) is 0 Å². The Morgan fingerprint density at radius 1 is 1.29 bits per heavy atom. The molecular weight excluding hydrogens is 168 g/mol. The molecule has 0 aromatic rings. The predicted molar refractivity (Wildman–Crippen MR) is 66.4 cm³/mol. The standard InChI is InChI=1S/C14H24/c1-5-7-8-9-10-11-14(4)12-13(3)6-2/h8-11,13H,4-7,12H2,1-3H3/b9-8-,11-10-. The average Bonchev–Trinajstić information content (AvgIpc) is 2.17. The fourth-order valence-electron chi connectivity index (χ4n) is 1.19. The van der Waals surface area contributed by atoms with Crippen LogP contribution < -0.4 is 0 Å². The Hall–Kier alpha value is -0.780. The second-order valence-electron chi connectivity index (χ2n) is 3.95. The van der Waals surface area contributed by atoms with Crippen LogP contribution in [-0.4, -0.2) is 0 Å². The van der Waals surface area contributed by atoms with Crippen LogP contribution in [0.1, 0.15) is 46.5 Å². The zero-order chi connectivity index (χ0) is 10.8. The van der Waals surface area contributed by atoms with Crippen molar-refractivity contribution in [2.24, 2.45) is 5.92 Å². The van der Waals surface area contributed by atoms with Crippen molar-refractivity contribution in [2.45, 2.75) is 46.5 Å². The minimum absolute atomic E-state index is 0.756. The van der Waals surface area contributed by atoms with E-state index < -0.39 is 0 Å². The molecule has 0 aliphatic heterocycles. The number of rotatable bonds is 7. The lowest BCUT2D eigenvalue weighted by atomic mass is 10.00. The maximum absolute atomic E-state index is 4.04. The molecule has 0 aliphatic rings. The van der Waals surface area contributed by atoms with E-state index in [0.717, 1.165) is 12.3 Å². The molecule has 0 fully saturated rings. The third-order valence-electron chi connectivity index (χ3n) is 2.34. The second kappa shape index (κ2) is 8.80. The fraction of sp³-hybridized carbons (Fsp3) is 0.571. The first-order chi connectivity index (χ1) is 6.70. The highest BCUT2D eigenvalue weighted by molar-refractivity contribution is 5.19. The fourth-order valence-corrected chi connectivity index (χ4v) is 1.19. The minimum atomic E-state index is 0.756. The second-order valence-corrected chi connectivity index (χ2v) is 3.95. The number of unbranched alkanes of at least 4 members (excludes halogenated alkanes) is 1. The Balaban J connectivity index is 3.71. The predicted octanol–water partition coefficient (Wildman–Crippen LogP) is 4.89. The van der Waals surface area contributed by atoms with Crippen molar-refractivity contribution in [2.75, 3.05) is 0 Å². The number of allylic oxidation sites excluding steroid dienone is 5. The highest BCUT2D eigenvalue weighted by Crippen LogP contribution is 2.13. The van der Waals surface area contributed by atoms with E-state index in [1.165, 1.54) is 24.8 Å². The molecule has 0 aliphatic carbocycles. The molecule has 0 aromatic carbocycles.